The van der Waals surface area contributed by atoms with E-state index < -0.39 is 5.97 Å². The number of aromatic nitrogens is 2. The van der Waals surface area contributed by atoms with Crippen molar-refractivity contribution in [1.82, 2.24) is 19.8 Å². The fourth-order valence-electron chi connectivity index (χ4n) is 5.33. The SMILES string of the molecule is CCOC(=O)CC1CNC(=O)c2cc(-c3cccc(Cl)c3)cn21.O=C(O)CC1CNC(=O)c2cc(-c3cccc(Cl)c3)cn21. The van der Waals surface area contributed by atoms with Crippen LogP contribution in [0.25, 0.3) is 22.3 Å². The minimum Gasteiger partial charge on any atom is -0.481 e. The monoisotopic (exact) mass is 636 g/mol. The van der Waals surface area contributed by atoms with Gasteiger partial charge in [-0.15, -0.1) is 0 Å². The van der Waals surface area contributed by atoms with Gasteiger partial charge in [-0.3, -0.25) is 19.2 Å². The van der Waals surface area contributed by atoms with Crippen molar-refractivity contribution in [2.75, 3.05) is 19.7 Å². The zero-order chi connectivity index (χ0) is 31.4. The van der Waals surface area contributed by atoms with E-state index in [1.54, 1.807) is 29.7 Å². The van der Waals surface area contributed by atoms with Crippen LogP contribution in [0, 0.1) is 0 Å². The highest BCUT2D eigenvalue weighted by atomic mass is 35.5. The highest BCUT2D eigenvalue weighted by Gasteiger charge is 2.29. The van der Waals surface area contributed by atoms with Gasteiger partial charge in [0, 0.05) is 46.7 Å². The van der Waals surface area contributed by atoms with Gasteiger partial charge in [0.1, 0.15) is 11.4 Å². The van der Waals surface area contributed by atoms with Crippen molar-refractivity contribution in [1.29, 1.82) is 0 Å². The molecule has 12 heteroatoms. The smallest absolute Gasteiger partial charge is 0.307 e. The lowest BCUT2D eigenvalue weighted by Crippen LogP contribution is -2.39. The van der Waals surface area contributed by atoms with Gasteiger partial charge < -0.3 is 29.6 Å². The number of halogens is 2. The van der Waals surface area contributed by atoms with E-state index in [0.717, 1.165) is 22.3 Å². The summed E-state index contributed by atoms with van der Waals surface area (Å²) in [6.07, 6.45) is 3.90. The summed E-state index contributed by atoms with van der Waals surface area (Å²) in [7, 11) is 0. The number of rotatable bonds is 7. The second-order valence-corrected chi connectivity index (χ2v) is 11.3. The predicted molar refractivity (Wildman–Crippen MR) is 166 cm³/mol. The Morgan fingerprint density at radius 3 is 1.70 bits per heavy atom. The zero-order valence-corrected chi connectivity index (χ0v) is 25.3. The van der Waals surface area contributed by atoms with Crippen molar-refractivity contribution in [2.45, 2.75) is 31.8 Å². The Balaban J connectivity index is 0.000000175. The first-order valence-electron chi connectivity index (χ1n) is 14.0. The second-order valence-electron chi connectivity index (χ2n) is 10.4. The number of hydrogen-bond donors (Lipinski definition) is 3. The Morgan fingerprint density at radius 2 is 1.27 bits per heavy atom. The van der Waals surface area contributed by atoms with Gasteiger partial charge in [-0.25, -0.2) is 0 Å². The number of fused-ring (bicyclic) bond motifs is 2. The molecular weight excluding hydrogens is 607 g/mol. The lowest BCUT2D eigenvalue weighted by molar-refractivity contribution is -0.144. The molecule has 0 radical (unpaired) electrons. The lowest BCUT2D eigenvalue weighted by atomic mass is 10.1. The maximum Gasteiger partial charge on any atom is 0.307 e. The summed E-state index contributed by atoms with van der Waals surface area (Å²) in [6, 6.07) is 17.9. The molecular formula is C32H30Cl2N4O6. The van der Waals surface area contributed by atoms with Gasteiger partial charge in [0.25, 0.3) is 11.8 Å². The molecule has 2 amide bonds. The average Bonchev–Trinajstić information content (AvgIpc) is 3.64. The Labute approximate surface area is 263 Å². The molecule has 44 heavy (non-hydrogen) atoms. The number of hydrogen-bond acceptors (Lipinski definition) is 5. The van der Waals surface area contributed by atoms with Crippen LogP contribution in [0.2, 0.25) is 10.0 Å². The standard InChI is InChI=1S/C17H17ClN2O3.C15H13ClN2O3/c1-2-23-16(21)8-14-9-19-17(22)15-7-12(10-20(14)15)11-4-3-5-13(18)6-11;16-11-3-1-2-9(4-11)10-5-13-15(21)17-7-12(6-14(19)20)18(13)8-10/h3-7,10,14H,2,8-9H2,1H3,(H,19,22);1-5,8,12H,6-7H2,(H,17,21)(H,19,20). The highest BCUT2D eigenvalue weighted by molar-refractivity contribution is 6.31. The lowest BCUT2D eigenvalue weighted by Gasteiger charge is -2.25. The fourth-order valence-corrected chi connectivity index (χ4v) is 5.71. The van der Waals surface area contributed by atoms with Crippen molar-refractivity contribution in [3.63, 3.8) is 0 Å². The molecule has 6 rings (SSSR count). The second kappa shape index (κ2) is 13.4. The molecule has 2 aromatic heterocycles. The average molecular weight is 638 g/mol. The van der Waals surface area contributed by atoms with E-state index in [2.05, 4.69) is 10.6 Å². The van der Waals surface area contributed by atoms with Gasteiger partial charge in [0.05, 0.1) is 31.5 Å². The third-order valence-corrected chi connectivity index (χ3v) is 7.85. The molecule has 10 nitrogen and oxygen atoms in total. The number of benzene rings is 2. The Bertz CT molecular complexity index is 1730. The van der Waals surface area contributed by atoms with Crippen molar-refractivity contribution in [2.24, 2.45) is 0 Å². The van der Waals surface area contributed by atoms with Crippen LogP contribution in [0.15, 0.2) is 73.1 Å². The number of ether oxygens (including phenoxy) is 1. The van der Waals surface area contributed by atoms with Gasteiger partial charge in [-0.2, -0.15) is 0 Å². The molecule has 0 fully saturated rings. The Morgan fingerprint density at radius 1 is 0.795 bits per heavy atom. The summed E-state index contributed by atoms with van der Waals surface area (Å²) >= 11 is 12.0. The molecule has 4 aromatic rings. The molecule has 0 saturated heterocycles. The molecule has 3 N–H and O–H groups in total. The minimum atomic E-state index is -0.889. The molecule has 0 bridgehead atoms. The van der Waals surface area contributed by atoms with Gasteiger partial charge in [-0.1, -0.05) is 47.5 Å². The highest BCUT2D eigenvalue weighted by Crippen LogP contribution is 2.31. The maximum absolute atomic E-state index is 12.1. The first-order chi connectivity index (χ1) is 21.1. The van der Waals surface area contributed by atoms with Crippen LogP contribution in [0.1, 0.15) is 52.8 Å². The van der Waals surface area contributed by atoms with Gasteiger partial charge in [-0.05, 0) is 54.4 Å². The van der Waals surface area contributed by atoms with Crippen LogP contribution < -0.4 is 10.6 Å². The predicted octanol–water partition coefficient (Wildman–Crippen LogP) is 5.61. The number of aliphatic carboxylic acids is 1. The maximum atomic E-state index is 12.1. The van der Waals surface area contributed by atoms with Crippen LogP contribution in [0.3, 0.4) is 0 Å². The number of amides is 2. The number of carboxylic acid groups (broad SMARTS) is 1. The third-order valence-electron chi connectivity index (χ3n) is 7.38. The van der Waals surface area contributed by atoms with E-state index in [1.165, 1.54) is 0 Å². The molecule has 2 aromatic carbocycles. The van der Waals surface area contributed by atoms with Crippen molar-refractivity contribution in [3.05, 3.63) is 94.5 Å². The summed E-state index contributed by atoms with van der Waals surface area (Å²) in [4.78, 5) is 46.7. The largest absolute Gasteiger partial charge is 0.481 e. The van der Waals surface area contributed by atoms with Crippen LogP contribution in [0.5, 0.6) is 0 Å². The molecule has 2 unspecified atom stereocenters. The molecule has 2 atom stereocenters. The molecule has 0 spiro atoms. The molecule has 0 aliphatic carbocycles. The number of nitrogens with zero attached hydrogens (tertiary/aromatic N) is 2. The molecule has 228 valence electrons. The van der Waals surface area contributed by atoms with Gasteiger partial charge >= 0.3 is 11.9 Å². The third kappa shape index (κ3) is 6.98. The van der Waals surface area contributed by atoms with Crippen LogP contribution in [0.4, 0.5) is 0 Å². The summed E-state index contributed by atoms with van der Waals surface area (Å²) in [5, 5.41) is 15.8. The summed E-state index contributed by atoms with van der Waals surface area (Å²) in [6.45, 7) is 2.86. The van der Waals surface area contributed by atoms with Crippen LogP contribution in [-0.4, -0.2) is 57.7 Å². The first-order valence-corrected chi connectivity index (χ1v) is 14.8. The summed E-state index contributed by atoms with van der Waals surface area (Å²) < 4.78 is 8.60. The topological polar surface area (TPSA) is 132 Å². The zero-order valence-electron chi connectivity index (χ0n) is 23.8. The van der Waals surface area contributed by atoms with E-state index in [4.69, 9.17) is 33.0 Å². The van der Waals surface area contributed by atoms with Crippen LogP contribution in [-0.2, 0) is 14.3 Å². The van der Waals surface area contributed by atoms with E-state index >= 15 is 0 Å². The van der Waals surface area contributed by atoms with E-state index in [9.17, 15) is 19.2 Å². The quantitative estimate of drug-likeness (QED) is 0.226. The van der Waals surface area contributed by atoms with Crippen molar-refractivity contribution < 1.29 is 29.0 Å². The number of carboxylic acids is 1. The molecule has 2 aliphatic heterocycles. The summed E-state index contributed by atoms with van der Waals surface area (Å²) in [5.41, 5.74) is 4.59. The number of carbonyl (C=O) groups is 4. The fraction of sp³-hybridized carbons (Fsp3) is 0.250. The van der Waals surface area contributed by atoms with Crippen molar-refractivity contribution >= 4 is 47.0 Å². The van der Waals surface area contributed by atoms with Crippen LogP contribution >= 0.6 is 23.2 Å². The number of nitrogens with one attached hydrogen (secondary N) is 2. The first kappa shape index (κ1) is 30.9. The Hall–Kier alpha value is -4.54. The van der Waals surface area contributed by atoms with E-state index in [1.807, 2.05) is 59.4 Å². The minimum absolute atomic E-state index is 0.0308. The number of carbonyl (C=O) groups excluding carboxylic acids is 3. The molecule has 0 saturated carbocycles. The van der Waals surface area contributed by atoms with Gasteiger partial charge in [0.15, 0.2) is 0 Å². The molecule has 2 aliphatic rings. The molecule has 4 heterocycles. The summed E-state index contributed by atoms with van der Waals surface area (Å²) in [5.74, 6) is -1.49. The normalized spacial score (nSPS) is 16.9. The van der Waals surface area contributed by atoms with Crippen molar-refractivity contribution in [3.8, 4) is 22.3 Å². The number of esters is 1. The van der Waals surface area contributed by atoms with E-state index in [-0.39, 0.29) is 42.7 Å². The van der Waals surface area contributed by atoms with Gasteiger partial charge in [0.2, 0.25) is 0 Å². The Kier molecular flexibility index (Phi) is 9.41. The van der Waals surface area contributed by atoms with E-state index in [0.29, 0.717) is 41.1 Å².